The van der Waals surface area contributed by atoms with Gasteiger partial charge in [0.05, 0.1) is 6.26 Å². The molecule has 0 heterocycles. The summed E-state index contributed by atoms with van der Waals surface area (Å²) >= 11 is 0. The molecule has 36 valence electrons. The van der Waals surface area contributed by atoms with E-state index in [0.29, 0.717) is 6.29 Å². The van der Waals surface area contributed by atoms with Crippen LogP contribution in [-0.4, -0.2) is 64.3 Å². The molecule has 0 aromatic rings. The molecule has 0 fully saturated rings. The van der Waals surface area contributed by atoms with Crippen LogP contribution < -0.4 is 0 Å². The van der Waals surface area contributed by atoms with E-state index in [9.17, 15) is 4.79 Å². The number of hydrogen-bond acceptors (Lipinski definition) is 2. The summed E-state index contributed by atoms with van der Waals surface area (Å²) in [7, 11) is 0. The Hall–Kier alpha value is 0.846. The van der Waals surface area contributed by atoms with Crippen molar-refractivity contribution < 1.29 is 9.53 Å². The van der Waals surface area contributed by atoms with Crippen LogP contribution in [0.1, 0.15) is 0 Å². The first kappa shape index (κ1) is 10.8. The molecule has 0 saturated carbocycles. The van der Waals surface area contributed by atoms with Gasteiger partial charge in [0.25, 0.3) is 0 Å². The number of rotatable bonds is 3. The Bertz CT molecular complexity index is 45.7. The second-order valence-corrected chi connectivity index (χ2v) is 0.667. The Morgan fingerprint density at radius 2 is 2.29 bits per heavy atom. The maximum absolute atomic E-state index is 9.39. The zero-order valence-corrected chi connectivity index (χ0v) is 3.39. The van der Waals surface area contributed by atoms with Gasteiger partial charge in [-0.25, -0.2) is 0 Å². The summed E-state index contributed by atoms with van der Waals surface area (Å²) < 4.78 is 4.38. The van der Waals surface area contributed by atoms with Crippen molar-refractivity contribution in [3.05, 3.63) is 12.8 Å². The Morgan fingerprint density at radius 3 is 2.43 bits per heavy atom. The van der Waals surface area contributed by atoms with E-state index in [2.05, 4.69) is 11.3 Å². The van der Waals surface area contributed by atoms with Gasteiger partial charge in [0.2, 0.25) is 0 Å². The first-order chi connectivity index (χ1) is 2.91. The molecule has 3 heteroatoms. The third kappa shape index (κ3) is 10.9. The Balaban J connectivity index is 0. The van der Waals surface area contributed by atoms with Crippen LogP contribution in [0, 0.1) is 0 Å². The normalized spacial score (nSPS) is 5.71. The molecule has 0 aliphatic heterocycles. The van der Waals surface area contributed by atoms with Gasteiger partial charge >= 0.3 is 51.4 Å². The molecule has 0 aliphatic carbocycles. The zero-order valence-electron chi connectivity index (χ0n) is 3.39. The standard InChI is InChI=1S/C4H6O2.K.H/c1-2-6-4-3-5;;/h2-3H,1,4H2;;. The van der Waals surface area contributed by atoms with Crippen molar-refractivity contribution in [1.29, 1.82) is 0 Å². The van der Waals surface area contributed by atoms with Crippen molar-refractivity contribution >= 4 is 57.7 Å². The summed E-state index contributed by atoms with van der Waals surface area (Å²) in [6.45, 7) is 3.33. The number of hydrogen-bond donors (Lipinski definition) is 0. The van der Waals surface area contributed by atoms with E-state index in [-0.39, 0.29) is 58.0 Å². The van der Waals surface area contributed by atoms with Gasteiger partial charge in [-0.2, -0.15) is 0 Å². The monoisotopic (exact) mass is 126 g/mol. The van der Waals surface area contributed by atoms with Crippen LogP contribution in [0.3, 0.4) is 0 Å². The molecule has 0 atom stereocenters. The molecule has 0 bridgehead atoms. The van der Waals surface area contributed by atoms with E-state index < -0.39 is 0 Å². The van der Waals surface area contributed by atoms with Crippen LogP contribution in [-0.2, 0) is 9.53 Å². The fourth-order valence-electron chi connectivity index (χ4n) is 0.107. The van der Waals surface area contributed by atoms with Crippen molar-refractivity contribution in [3.8, 4) is 0 Å². The van der Waals surface area contributed by atoms with E-state index in [4.69, 9.17) is 0 Å². The molecule has 0 aromatic carbocycles. The van der Waals surface area contributed by atoms with E-state index >= 15 is 0 Å². The average Bonchev–Trinajstić information content (AvgIpc) is 1.61. The molecule has 0 spiro atoms. The average molecular weight is 126 g/mol. The second kappa shape index (κ2) is 9.96. The van der Waals surface area contributed by atoms with E-state index in [0.717, 1.165) is 0 Å². The van der Waals surface area contributed by atoms with Crippen molar-refractivity contribution in [3.63, 3.8) is 0 Å². The van der Waals surface area contributed by atoms with Gasteiger partial charge in [-0.1, -0.05) is 6.58 Å². The first-order valence-electron chi connectivity index (χ1n) is 1.58. The third-order valence-electron chi connectivity index (χ3n) is 0.282. The van der Waals surface area contributed by atoms with Crippen molar-refractivity contribution in [1.82, 2.24) is 0 Å². The van der Waals surface area contributed by atoms with Gasteiger partial charge in [0, 0.05) is 0 Å². The SMILES string of the molecule is C=COCC=O.[KH]. The van der Waals surface area contributed by atoms with Crippen LogP contribution in [0.15, 0.2) is 12.8 Å². The number of ether oxygens (including phenoxy) is 1. The molecule has 0 amide bonds. The molecule has 0 unspecified atom stereocenters. The maximum atomic E-state index is 9.39. The van der Waals surface area contributed by atoms with E-state index in [1.54, 1.807) is 0 Å². The second-order valence-electron chi connectivity index (χ2n) is 0.667. The van der Waals surface area contributed by atoms with Crippen LogP contribution in [0.2, 0.25) is 0 Å². The number of aldehydes is 1. The van der Waals surface area contributed by atoms with Crippen LogP contribution >= 0.6 is 0 Å². The zero-order chi connectivity index (χ0) is 4.83. The van der Waals surface area contributed by atoms with Gasteiger partial charge in [-0.15, -0.1) is 0 Å². The molecule has 0 aliphatic rings. The summed E-state index contributed by atoms with van der Waals surface area (Å²) in [5.74, 6) is 0. The molecular formula is C4H7KO2. The number of carbonyl (C=O) groups excluding carboxylic acids is 1. The van der Waals surface area contributed by atoms with Gasteiger partial charge < -0.3 is 4.74 Å². The molecule has 0 aromatic heterocycles. The number of carbonyl (C=O) groups is 1. The van der Waals surface area contributed by atoms with Crippen molar-refractivity contribution in [2.45, 2.75) is 0 Å². The quantitative estimate of drug-likeness (QED) is 0.224. The molecule has 2 nitrogen and oxygen atoms in total. The summed E-state index contributed by atoms with van der Waals surface area (Å²) in [6, 6.07) is 0. The van der Waals surface area contributed by atoms with E-state index in [1.807, 2.05) is 0 Å². The van der Waals surface area contributed by atoms with E-state index in [1.165, 1.54) is 6.26 Å². The fourth-order valence-corrected chi connectivity index (χ4v) is 0.107. The molecule has 7 heavy (non-hydrogen) atoms. The Kier molecular flexibility index (Phi) is 15.3. The topological polar surface area (TPSA) is 26.3 Å². The molecule has 0 saturated heterocycles. The van der Waals surface area contributed by atoms with Crippen LogP contribution in [0.5, 0.6) is 0 Å². The van der Waals surface area contributed by atoms with Crippen molar-refractivity contribution in [2.75, 3.05) is 6.61 Å². The fraction of sp³-hybridized carbons (Fsp3) is 0.250. The molecule has 0 N–H and O–H groups in total. The molecular weight excluding hydrogens is 119 g/mol. The van der Waals surface area contributed by atoms with Gasteiger partial charge in [0.1, 0.15) is 6.61 Å². The van der Waals surface area contributed by atoms with Crippen LogP contribution in [0.4, 0.5) is 0 Å². The predicted molar refractivity (Wildman–Crippen MR) is 29.4 cm³/mol. The summed E-state index contributed by atoms with van der Waals surface area (Å²) in [6.07, 6.45) is 1.90. The Labute approximate surface area is 85.3 Å². The third-order valence-corrected chi connectivity index (χ3v) is 0.282. The predicted octanol–water partition coefficient (Wildman–Crippen LogP) is -0.303. The van der Waals surface area contributed by atoms with Crippen molar-refractivity contribution in [2.24, 2.45) is 0 Å². The first-order valence-corrected chi connectivity index (χ1v) is 1.58. The van der Waals surface area contributed by atoms with Gasteiger partial charge in [-0.05, 0) is 0 Å². The molecule has 0 rings (SSSR count). The van der Waals surface area contributed by atoms with Gasteiger partial charge in [0.15, 0.2) is 6.29 Å². The Morgan fingerprint density at radius 1 is 1.71 bits per heavy atom. The van der Waals surface area contributed by atoms with Gasteiger partial charge in [-0.3, -0.25) is 4.79 Å². The summed E-state index contributed by atoms with van der Waals surface area (Å²) in [5.41, 5.74) is 0. The minimum absolute atomic E-state index is 0. The van der Waals surface area contributed by atoms with Crippen LogP contribution in [0.25, 0.3) is 0 Å². The summed E-state index contributed by atoms with van der Waals surface area (Å²) in [4.78, 5) is 9.39. The molecule has 0 radical (unpaired) electrons. The minimum atomic E-state index is 0. The summed E-state index contributed by atoms with van der Waals surface area (Å²) in [5, 5.41) is 0.